The van der Waals surface area contributed by atoms with E-state index in [1.807, 2.05) is 0 Å². The number of methoxy groups -OCH3 is 1. The first-order valence-corrected chi connectivity index (χ1v) is 7.40. The van der Waals surface area contributed by atoms with E-state index < -0.39 is 0 Å². The Labute approximate surface area is 134 Å². The molecule has 0 aliphatic heterocycles. The lowest BCUT2D eigenvalue weighted by atomic mass is 10.2. The van der Waals surface area contributed by atoms with Gasteiger partial charge in [0.1, 0.15) is 5.75 Å². The Bertz CT molecular complexity index is 798. The van der Waals surface area contributed by atoms with Crippen molar-refractivity contribution in [3.8, 4) is 17.2 Å². The molecule has 0 spiro atoms. The molecule has 1 aromatic carbocycles. The number of nitrogens with one attached hydrogen (secondary N) is 1. The minimum absolute atomic E-state index is 0.0281. The normalized spacial score (nSPS) is 10.5. The zero-order valence-electron chi connectivity index (χ0n) is 11.4. The Morgan fingerprint density at radius 3 is 2.64 bits per heavy atom. The maximum atomic E-state index is 12.0. The number of halogens is 1. The Morgan fingerprint density at radius 1 is 1.23 bits per heavy atom. The van der Waals surface area contributed by atoms with Gasteiger partial charge in [-0.3, -0.25) is 10.1 Å². The molecule has 2 heterocycles. The van der Waals surface area contributed by atoms with Gasteiger partial charge in [0.05, 0.1) is 16.3 Å². The van der Waals surface area contributed by atoms with Crippen LogP contribution in [0.3, 0.4) is 0 Å². The van der Waals surface area contributed by atoms with Crippen molar-refractivity contribution in [1.82, 2.24) is 10.2 Å². The molecule has 1 amide bonds. The standard InChI is InChI=1S/C14H10ClN3O3S/c1-20-9-4-2-8(3-5-9)13-17-18-14(21-13)16-12(19)10-6-7-11(15)22-10/h2-7H,1H3,(H,16,18,19). The summed E-state index contributed by atoms with van der Waals surface area (Å²) >= 11 is 6.97. The number of aromatic nitrogens is 2. The molecule has 0 saturated carbocycles. The second kappa shape index (κ2) is 6.17. The van der Waals surface area contributed by atoms with Gasteiger partial charge < -0.3 is 9.15 Å². The molecule has 0 fully saturated rings. The fourth-order valence-electron chi connectivity index (χ4n) is 1.72. The minimum Gasteiger partial charge on any atom is -0.497 e. The lowest BCUT2D eigenvalue weighted by Gasteiger charge is -1.99. The lowest BCUT2D eigenvalue weighted by Crippen LogP contribution is -2.10. The monoisotopic (exact) mass is 335 g/mol. The molecule has 2 aromatic heterocycles. The highest BCUT2D eigenvalue weighted by molar-refractivity contribution is 7.18. The number of amides is 1. The molecule has 0 radical (unpaired) electrons. The Balaban J connectivity index is 1.74. The van der Waals surface area contributed by atoms with Gasteiger partial charge in [0.15, 0.2) is 0 Å². The van der Waals surface area contributed by atoms with E-state index in [4.69, 9.17) is 20.8 Å². The number of hydrogen-bond acceptors (Lipinski definition) is 6. The summed E-state index contributed by atoms with van der Waals surface area (Å²) in [5.41, 5.74) is 0.730. The van der Waals surface area contributed by atoms with Crippen LogP contribution in [0.25, 0.3) is 11.5 Å². The molecule has 3 rings (SSSR count). The first-order valence-electron chi connectivity index (χ1n) is 6.20. The van der Waals surface area contributed by atoms with Gasteiger partial charge in [0, 0.05) is 5.56 Å². The summed E-state index contributed by atoms with van der Waals surface area (Å²) in [6.45, 7) is 0. The fraction of sp³-hybridized carbons (Fsp3) is 0.0714. The molecular formula is C14H10ClN3O3S. The maximum absolute atomic E-state index is 12.0. The largest absolute Gasteiger partial charge is 0.497 e. The quantitative estimate of drug-likeness (QED) is 0.786. The molecule has 6 nitrogen and oxygen atoms in total. The number of hydrogen-bond donors (Lipinski definition) is 1. The summed E-state index contributed by atoms with van der Waals surface area (Å²) in [6, 6.07) is 10.5. The van der Waals surface area contributed by atoms with Gasteiger partial charge in [0.2, 0.25) is 5.89 Å². The molecule has 112 valence electrons. The summed E-state index contributed by atoms with van der Waals surface area (Å²) in [5.74, 6) is 0.690. The van der Waals surface area contributed by atoms with Gasteiger partial charge in [-0.25, -0.2) is 0 Å². The summed E-state index contributed by atoms with van der Waals surface area (Å²) in [5, 5.41) is 10.2. The predicted molar refractivity (Wildman–Crippen MR) is 83.6 cm³/mol. The first kappa shape index (κ1) is 14.6. The molecule has 0 unspecified atom stereocenters. The molecule has 8 heteroatoms. The van der Waals surface area contributed by atoms with Gasteiger partial charge in [-0.05, 0) is 36.4 Å². The molecule has 0 atom stereocenters. The molecular weight excluding hydrogens is 326 g/mol. The van der Waals surface area contributed by atoms with E-state index >= 15 is 0 Å². The molecule has 1 N–H and O–H groups in total. The topological polar surface area (TPSA) is 77.3 Å². The maximum Gasteiger partial charge on any atom is 0.322 e. The van der Waals surface area contributed by atoms with Crippen LogP contribution in [0, 0.1) is 0 Å². The van der Waals surface area contributed by atoms with Crippen molar-refractivity contribution in [2.24, 2.45) is 0 Å². The second-order valence-corrected chi connectivity index (χ2v) is 5.91. The number of carbonyl (C=O) groups is 1. The summed E-state index contributed by atoms with van der Waals surface area (Å²) < 4.78 is 11.0. The number of nitrogens with zero attached hydrogens (tertiary/aromatic N) is 2. The van der Waals surface area contributed by atoms with Gasteiger partial charge >= 0.3 is 6.01 Å². The molecule has 0 saturated heterocycles. The predicted octanol–water partition coefficient (Wildman–Crippen LogP) is 3.71. The summed E-state index contributed by atoms with van der Waals surface area (Å²) in [7, 11) is 1.59. The van der Waals surface area contributed by atoms with Crippen molar-refractivity contribution in [3.05, 3.63) is 45.6 Å². The minimum atomic E-state index is -0.346. The van der Waals surface area contributed by atoms with Crippen LogP contribution in [0.4, 0.5) is 6.01 Å². The van der Waals surface area contributed by atoms with Gasteiger partial charge in [-0.2, -0.15) is 0 Å². The third-order valence-electron chi connectivity index (χ3n) is 2.78. The fourth-order valence-corrected chi connectivity index (χ4v) is 2.66. The van der Waals surface area contributed by atoms with Gasteiger partial charge in [0.25, 0.3) is 5.91 Å². The summed E-state index contributed by atoms with van der Waals surface area (Å²) in [4.78, 5) is 12.4. The summed E-state index contributed by atoms with van der Waals surface area (Å²) in [6.07, 6.45) is 0. The average molecular weight is 336 g/mol. The van der Waals surface area contributed by atoms with E-state index in [0.717, 1.165) is 11.3 Å². The van der Waals surface area contributed by atoms with E-state index in [0.29, 0.717) is 15.1 Å². The van der Waals surface area contributed by atoms with Crippen molar-refractivity contribution in [1.29, 1.82) is 0 Å². The third-order valence-corrected chi connectivity index (χ3v) is 4.01. The van der Waals surface area contributed by atoms with Crippen LogP contribution in [-0.4, -0.2) is 23.2 Å². The average Bonchev–Trinajstić information content (AvgIpc) is 3.16. The van der Waals surface area contributed by atoms with Crippen molar-refractivity contribution >= 4 is 34.9 Å². The molecule has 22 heavy (non-hydrogen) atoms. The molecule has 0 aliphatic rings. The Kier molecular flexibility index (Phi) is 4.08. The second-order valence-electron chi connectivity index (χ2n) is 4.20. The van der Waals surface area contributed by atoms with E-state index in [-0.39, 0.29) is 11.9 Å². The number of rotatable bonds is 4. The van der Waals surface area contributed by atoms with Gasteiger partial charge in [-0.1, -0.05) is 16.7 Å². The van der Waals surface area contributed by atoms with E-state index in [9.17, 15) is 4.79 Å². The highest BCUT2D eigenvalue weighted by Crippen LogP contribution is 2.24. The van der Waals surface area contributed by atoms with E-state index in [1.165, 1.54) is 11.3 Å². The van der Waals surface area contributed by atoms with Crippen LogP contribution in [0.2, 0.25) is 4.34 Å². The van der Waals surface area contributed by atoms with Crippen LogP contribution in [0.5, 0.6) is 5.75 Å². The number of benzene rings is 1. The first-order chi connectivity index (χ1) is 10.7. The van der Waals surface area contributed by atoms with Crippen LogP contribution in [0.15, 0.2) is 40.8 Å². The SMILES string of the molecule is COc1ccc(-c2nnc(NC(=O)c3ccc(Cl)s3)o2)cc1. The third kappa shape index (κ3) is 3.10. The zero-order valence-corrected chi connectivity index (χ0v) is 12.9. The smallest absolute Gasteiger partial charge is 0.322 e. The van der Waals surface area contributed by atoms with Crippen LogP contribution in [-0.2, 0) is 0 Å². The van der Waals surface area contributed by atoms with Gasteiger partial charge in [-0.15, -0.1) is 16.4 Å². The number of carbonyl (C=O) groups excluding carboxylic acids is 1. The van der Waals surface area contributed by atoms with E-state index in [2.05, 4.69) is 15.5 Å². The molecule has 0 bridgehead atoms. The molecule has 3 aromatic rings. The van der Waals surface area contributed by atoms with Crippen molar-refractivity contribution in [3.63, 3.8) is 0 Å². The highest BCUT2D eigenvalue weighted by Gasteiger charge is 2.14. The Morgan fingerprint density at radius 2 is 2.00 bits per heavy atom. The molecule has 0 aliphatic carbocycles. The van der Waals surface area contributed by atoms with Crippen LogP contribution in [0.1, 0.15) is 9.67 Å². The van der Waals surface area contributed by atoms with Crippen molar-refractivity contribution in [2.45, 2.75) is 0 Å². The number of anilines is 1. The number of ether oxygens (including phenoxy) is 1. The van der Waals surface area contributed by atoms with Crippen LogP contribution < -0.4 is 10.1 Å². The zero-order chi connectivity index (χ0) is 15.5. The Hall–Kier alpha value is -2.38. The van der Waals surface area contributed by atoms with Crippen molar-refractivity contribution < 1.29 is 13.9 Å². The highest BCUT2D eigenvalue weighted by atomic mass is 35.5. The number of thiophene rings is 1. The lowest BCUT2D eigenvalue weighted by molar-refractivity contribution is 0.102. The van der Waals surface area contributed by atoms with Crippen LogP contribution >= 0.6 is 22.9 Å². The van der Waals surface area contributed by atoms with E-state index in [1.54, 1.807) is 43.5 Å². The van der Waals surface area contributed by atoms with Crippen molar-refractivity contribution in [2.75, 3.05) is 12.4 Å².